The molecule has 0 aromatic carbocycles. The quantitative estimate of drug-likeness (QED) is 0.0564. The van der Waals surface area contributed by atoms with Gasteiger partial charge in [0.2, 0.25) is 0 Å². The van der Waals surface area contributed by atoms with E-state index < -0.39 is 0 Å². The van der Waals surface area contributed by atoms with Gasteiger partial charge < -0.3 is 14.6 Å². The SMILES string of the molecule is CCCCC/C=C\C/C=C\C/C=C\C/C=C\CCCCOCC(CO)OCCCC/C=C\C/C=C\C/C=C\C/C=C\CCCCC. The first-order valence-electron chi connectivity index (χ1n) is 18.8. The Morgan fingerprint density at radius 3 is 1.09 bits per heavy atom. The van der Waals surface area contributed by atoms with Crippen molar-refractivity contribution in [3.8, 4) is 0 Å². The van der Waals surface area contributed by atoms with Gasteiger partial charge in [0.25, 0.3) is 0 Å². The van der Waals surface area contributed by atoms with Gasteiger partial charge >= 0.3 is 0 Å². The van der Waals surface area contributed by atoms with E-state index in [0.717, 1.165) is 83.7 Å². The van der Waals surface area contributed by atoms with E-state index in [1.165, 1.54) is 51.4 Å². The number of hydrogen-bond donors (Lipinski definition) is 1. The molecule has 262 valence electrons. The van der Waals surface area contributed by atoms with Crippen molar-refractivity contribution in [2.45, 2.75) is 148 Å². The third-order valence-electron chi connectivity index (χ3n) is 7.45. The summed E-state index contributed by atoms with van der Waals surface area (Å²) in [5, 5.41) is 9.59. The zero-order valence-corrected chi connectivity index (χ0v) is 30.0. The zero-order chi connectivity index (χ0) is 33.3. The lowest BCUT2D eigenvalue weighted by molar-refractivity contribution is -0.0435. The fourth-order valence-corrected chi connectivity index (χ4v) is 4.57. The molecule has 0 radical (unpaired) electrons. The van der Waals surface area contributed by atoms with Crippen LogP contribution in [0.25, 0.3) is 0 Å². The summed E-state index contributed by atoms with van der Waals surface area (Å²) < 4.78 is 11.6. The molecule has 1 N–H and O–H groups in total. The number of rotatable bonds is 34. The van der Waals surface area contributed by atoms with Crippen molar-refractivity contribution < 1.29 is 14.6 Å². The third-order valence-corrected chi connectivity index (χ3v) is 7.45. The van der Waals surface area contributed by atoms with Gasteiger partial charge in [0.05, 0.1) is 13.2 Å². The summed E-state index contributed by atoms with van der Waals surface area (Å²) in [5.74, 6) is 0. The van der Waals surface area contributed by atoms with Crippen LogP contribution in [-0.2, 0) is 9.47 Å². The summed E-state index contributed by atoms with van der Waals surface area (Å²) in [6.45, 7) is 6.38. The molecule has 0 spiro atoms. The van der Waals surface area contributed by atoms with E-state index in [9.17, 15) is 5.11 Å². The average Bonchev–Trinajstić information content (AvgIpc) is 3.07. The van der Waals surface area contributed by atoms with Crippen LogP contribution < -0.4 is 0 Å². The summed E-state index contributed by atoms with van der Waals surface area (Å²) in [6.07, 6.45) is 58.8. The van der Waals surface area contributed by atoms with Crippen LogP contribution in [0.4, 0.5) is 0 Å². The molecule has 3 heteroatoms. The standard InChI is InChI=1S/C43H72O3/c1-3-5-7-9-11-13-15-17-19-21-23-25-27-29-31-33-35-37-39-45-42-43(41-44)46-40-38-36-34-32-30-28-26-24-22-20-18-16-14-12-10-8-6-4-2/h11-14,17-20,23-26,29-32,43-44H,3-10,15-16,21-22,27-28,33-42H2,1-2H3/b13-11-,14-12-,19-17-,20-18-,25-23-,26-24-,31-29-,32-30-. The fraction of sp³-hybridized carbons (Fsp3) is 0.628. The highest BCUT2D eigenvalue weighted by atomic mass is 16.5. The van der Waals surface area contributed by atoms with Crippen LogP contribution in [0.3, 0.4) is 0 Å². The molecule has 0 aliphatic carbocycles. The van der Waals surface area contributed by atoms with Crippen LogP contribution in [0.15, 0.2) is 97.2 Å². The predicted molar refractivity (Wildman–Crippen MR) is 204 cm³/mol. The van der Waals surface area contributed by atoms with Crippen molar-refractivity contribution in [2.24, 2.45) is 0 Å². The number of aliphatic hydroxyl groups excluding tert-OH is 1. The number of aliphatic hydroxyl groups is 1. The summed E-state index contributed by atoms with van der Waals surface area (Å²) in [7, 11) is 0. The summed E-state index contributed by atoms with van der Waals surface area (Å²) in [6, 6.07) is 0. The minimum atomic E-state index is -0.218. The van der Waals surface area contributed by atoms with Crippen LogP contribution in [0, 0.1) is 0 Å². The van der Waals surface area contributed by atoms with Crippen molar-refractivity contribution in [1.82, 2.24) is 0 Å². The van der Waals surface area contributed by atoms with Crippen LogP contribution in [0.1, 0.15) is 142 Å². The second-order valence-corrected chi connectivity index (χ2v) is 11.9. The Labute approximate surface area is 286 Å². The maximum Gasteiger partial charge on any atom is 0.104 e. The Hall–Kier alpha value is -2.20. The van der Waals surface area contributed by atoms with Crippen molar-refractivity contribution in [3.63, 3.8) is 0 Å². The number of hydrogen-bond acceptors (Lipinski definition) is 3. The second-order valence-electron chi connectivity index (χ2n) is 11.9. The molecule has 0 amide bonds. The van der Waals surface area contributed by atoms with E-state index in [0.29, 0.717) is 13.2 Å². The first-order chi connectivity index (χ1) is 22.8. The van der Waals surface area contributed by atoms with Gasteiger partial charge in [-0.1, -0.05) is 137 Å². The average molecular weight is 637 g/mol. The highest BCUT2D eigenvalue weighted by molar-refractivity contribution is 5.00. The molecular weight excluding hydrogens is 564 g/mol. The van der Waals surface area contributed by atoms with Gasteiger partial charge in [0.15, 0.2) is 0 Å². The molecule has 0 aromatic rings. The lowest BCUT2D eigenvalue weighted by Gasteiger charge is -2.15. The Kier molecular flexibility index (Phi) is 38.9. The zero-order valence-electron chi connectivity index (χ0n) is 30.0. The topological polar surface area (TPSA) is 38.7 Å². The van der Waals surface area contributed by atoms with Crippen molar-refractivity contribution in [1.29, 1.82) is 0 Å². The van der Waals surface area contributed by atoms with Gasteiger partial charge in [-0.25, -0.2) is 0 Å². The van der Waals surface area contributed by atoms with Crippen molar-refractivity contribution >= 4 is 0 Å². The minimum Gasteiger partial charge on any atom is -0.394 e. The van der Waals surface area contributed by atoms with Gasteiger partial charge in [-0.15, -0.1) is 0 Å². The molecule has 0 saturated carbocycles. The van der Waals surface area contributed by atoms with Gasteiger partial charge in [0, 0.05) is 13.2 Å². The highest BCUT2D eigenvalue weighted by Gasteiger charge is 2.07. The monoisotopic (exact) mass is 637 g/mol. The Morgan fingerprint density at radius 1 is 0.413 bits per heavy atom. The Morgan fingerprint density at radius 2 is 0.739 bits per heavy atom. The van der Waals surface area contributed by atoms with Crippen LogP contribution in [0.2, 0.25) is 0 Å². The van der Waals surface area contributed by atoms with Gasteiger partial charge in [-0.3, -0.25) is 0 Å². The molecule has 0 fully saturated rings. The van der Waals surface area contributed by atoms with E-state index in [4.69, 9.17) is 9.47 Å². The summed E-state index contributed by atoms with van der Waals surface area (Å²) in [4.78, 5) is 0. The van der Waals surface area contributed by atoms with E-state index in [-0.39, 0.29) is 12.7 Å². The molecule has 3 nitrogen and oxygen atoms in total. The van der Waals surface area contributed by atoms with Crippen molar-refractivity contribution in [3.05, 3.63) is 97.2 Å². The number of allylic oxidation sites excluding steroid dienone is 16. The number of ether oxygens (including phenoxy) is 2. The van der Waals surface area contributed by atoms with Crippen LogP contribution in [-0.4, -0.2) is 37.6 Å². The molecule has 0 aromatic heterocycles. The Bertz CT molecular complexity index is 827. The van der Waals surface area contributed by atoms with Crippen LogP contribution in [0.5, 0.6) is 0 Å². The Balaban J connectivity index is 3.56. The molecule has 0 saturated heterocycles. The molecular formula is C43H72O3. The minimum absolute atomic E-state index is 0.0133. The largest absolute Gasteiger partial charge is 0.394 e. The molecule has 0 rings (SSSR count). The molecule has 0 aliphatic rings. The van der Waals surface area contributed by atoms with E-state index >= 15 is 0 Å². The van der Waals surface area contributed by atoms with E-state index in [1.54, 1.807) is 0 Å². The maximum atomic E-state index is 9.59. The molecule has 0 aliphatic heterocycles. The molecule has 1 atom stereocenters. The van der Waals surface area contributed by atoms with Crippen molar-refractivity contribution in [2.75, 3.05) is 26.4 Å². The normalized spacial score (nSPS) is 13.7. The first-order valence-corrected chi connectivity index (χ1v) is 18.8. The summed E-state index contributed by atoms with van der Waals surface area (Å²) >= 11 is 0. The van der Waals surface area contributed by atoms with Gasteiger partial charge in [-0.05, 0) is 103 Å². The fourth-order valence-electron chi connectivity index (χ4n) is 4.57. The smallest absolute Gasteiger partial charge is 0.104 e. The van der Waals surface area contributed by atoms with E-state index in [1.807, 2.05) is 0 Å². The first kappa shape index (κ1) is 43.8. The number of unbranched alkanes of at least 4 members (excludes halogenated alkanes) is 10. The van der Waals surface area contributed by atoms with Crippen LogP contribution >= 0.6 is 0 Å². The lowest BCUT2D eigenvalue weighted by Crippen LogP contribution is -2.24. The third kappa shape index (κ3) is 38.0. The molecule has 46 heavy (non-hydrogen) atoms. The van der Waals surface area contributed by atoms with Gasteiger partial charge in [0.1, 0.15) is 6.10 Å². The maximum absolute atomic E-state index is 9.59. The summed E-state index contributed by atoms with van der Waals surface area (Å²) in [5.41, 5.74) is 0. The van der Waals surface area contributed by atoms with E-state index in [2.05, 4.69) is 111 Å². The van der Waals surface area contributed by atoms with Gasteiger partial charge in [-0.2, -0.15) is 0 Å². The molecule has 1 unspecified atom stereocenters. The molecule has 0 bridgehead atoms. The molecule has 0 heterocycles. The second kappa shape index (κ2) is 40.8. The lowest BCUT2D eigenvalue weighted by atomic mass is 10.2. The predicted octanol–water partition coefficient (Wildman–Crippen LogP) is 12.7. The highest BCUT2D eigenvalue weighted by Crippen LogP contribution is 2.05.